The SMILES string of the molecule is COc1ccc(-n2nc(C(C)(C)C)cc2Nc2nc3cc4ccccc4cc3nc2NCCCO)cc1. The third kappa shape index (κ3) is 5.20. The average Bonchev–Trinajstić information content (AvgIpc) is 3.32. The van der Waals surface area contributed by atoms with Gasteiger partial charge in [-0.25, -0.2) is 14.6 Å². The molecule has 37 heavy (non-hydrogen) atoms. The van der Waals surface area contributed by atoms with Crippen LogP contribution in [-0.4, -0.2) is 45.1 Å². The summed E-state index contributed by atoms with van der Waals surface area (Å²) in [6, 6.07) is 22.1. The molecule has 0 atom stereocenters. The molecule has 0 bridgehead atoms. The molecule has 0 aliphatic carbocycles. The van der Waals surface area contributed by atoms with E-state index in [-0.39, 0.29) is 12.0 Å². The van der Waals surface area contributed by atoms with Gasteiger partial charge in [-0.1, -0.05) is 45.0 Å². The molecule has 0 unspecified atom stereocenters. The molecule has 3 aromatic carbocycles. The van der Waals surface area contributed by atoms with Crippen molar-refractivity contribution < 1.29 is 9.84 Å². The standard InChI is InChI=1S/C29H32N6O2/c1-29(2,3)25-18-26(35(34-25)21-10-12-22(37-4)13-11-21)33-28-27(30-14-7-15-36)31-23-16-19-8-5-6-9-20(19)17-24(23)32-28/h5-6,8-13,16-18,36H,7,14-15H2,1-4H3,(H,30,31)(H,32,33). The molecule has 0 aliphatic heterocycles. The number of benzene rings is 3. The summed E-state index contributed by atoms with van der Waals surface area (Å²) in [5, 5.41) is 23.3. The second-order valence-electron chi connectivity index (χ2n) is 10.0. The molecule has 0 spiro atoms. The maximum absolute atomic E-state index is 9.31. The van der Waals surface area contributed by atoms with Crippen LogP contribution in [0.2, 0.25) is 0 Å². The molecule has 5 rings (SSSR count). The number of aliphatic hydroxyl groups is 1. The number of nitrogens with zero attached hydrogens (tertiary/aromatic N) is 4. The predicted octanol–water partition coefficient (Wildman–Crippen LogP) is 5.81. The normalized spacial score (nSPS) is 11.7. The zero-order chi connectivity index (χ0) is 26.0. The van der Waals surface area contributed by atoms with E-state index in [1.807, 2.05) is 47.1 Å². The fourth-order valence-corrected chi connectivity index (χ4v) is 4.12. The van der Waals surface area contributed by atoms with Gasteiger partial charge in [0.2, 0.25) is 0 Å². The van der Waals surface area contributed by atoms with Crippen molar-refractivity contribution in [2.75, 3.05) is 30.9 Å². The molecule has 2 aromatic heterocycles. The number of hydrogen-bond acceptors (Lipinski definition) is 7. The molecular weight excluding hydrogens is 464 g/mol. The number of anilines is 3. The van der Waals surface area contributed by atoms with Crippen molar-refractivity contribution >= 4 is 39.3 Å². The van der Waals surface area contributed by atoms with Crippen molar-refractivity contribution in [1.29, 1.82) is 0 Å². The number of aromatic nitrogens is 4. The Labute approximate surface area is 216 Å². The van der Waals surface area contributed by atoms with E-state index in [2.05, 4.69) is 55.7 Å². The van der Waals surface area contributed by atoms with E-state index in [1.54, 1.807) is 7.11 Å². The third-order valence-corrected chi connectivity index (χ3v) is 6.20. The van der Waals surface area contributed by atoms with Crippen LogP contribution in [0.5, 0.6) is 5.75 Å². The Morgan fingerprint density at radius 2 is 1.54 bits per heavy atom. The molecule has 3 N–H and O–H groups in total. The Bertz CT molecular complexity index is 1540. The van der Waals surface area contributed by atoms with Gasteiger partial charge in [0.1, 0.15) is 11.6 Å². The highest BCUT2D eigenvalue weighted by molar-refractivity contribution is 5.96. The largest absolute Gasteiger partial charge is 0.497 e. The summed E-state index contributed by atoms with van der Waals surface area (Å²) in [6.45, 7) is 7.09. The Kier molecular flexibility index (Phi) is 6.67. The van der Waals surface area contributed by atoms with E-state index in [9.17, 15) is 5.11 Å². The molecule has 2 heterocycles. The van der Waals surface area contributed by atoms with Crippen LogP contribution in [0.1, 0.15) is 32.9 Å². The van der Waals surface area contributed by atoms with Gasteiger partial charge in [-0.05, 0) is 53.6 Å². The van der Waals surface area contributed by atoms with Crippen LogP contribution in [0.4, 0.5) is 17.5 Å². The zero-order valence-corrected chi connectivity index (χ0v) is 21.6. The highest BCUT2D eigenvalue weighted by Gasteiger charge is 2.22. The number of ether oxygens (including phenoxy) is 1. The van der Waals surface area contributed by atoms with Gasteiger partial charge in [0.25, 0.3) is 0 Å². The van der Waals surface area contributed by atoms with Crippen LogP contribution in [0, 0.1) is 0 Å². The van der Waals surface area contributed by atoms with Crippen LogP contribution in [-0.2, 0) is 5.41 Å². The second-order valence-corrected chi connectivity index (χ2v) is 10.0. The zero-order valence-electron chi connectivity index (χ0n) is 21.6. The van der Waals surface area contributed by atoms with Crippen LogP contribution in [0.3, 0.4) is 0 Å². The molecule has 0 saturated heterocycles. The maximum atomic E-state index is 9.31. The minimum atomic E-state index is -0.148. The average molecular weight is 497 g/mol. The van der Waals surface area contributed by atoms with Gasteiger partial charge in [0.05, 0.1) is 29.5 Å². The summed E-state index contributed by atoms with van der Waals surface area (Å²) in [4.78, 5) is 9.88. The number of nitrogens with one attached hydrogen (secondary N) is 2. The molecule has 0 saturated carbocycles. The van der Waals surface area contributed by atoms with Gasteiger partial charge in [0.15, 0.2) is 11.6 Å². The first kappa shape index (κ1) is 24.5. The van der Waals surface area contributed by atoms with Gasteiger partial charge in [-0.2, -0.15) is 5.10 Å². The van der Waals surface area contributed by atoms with Crippen LogP contribution < -0.4 is 15.4 Å². The van der Waals surface area contributed by atoms with Crippen molar-refractivity contribution in [3.8, 4) is 11.4 Å². The Balaban J connectivity index is 1.62. The molecule has 0 amide bonds. The maximum Gasteiger partial charge on any atom is 0.175 e. The lowest BCUT2D eigenvalue weighted by Crippen LogP contribution is -2.12. The summed E-state index contributed by atoms with van der Waals surface area (Å²) < 4.78 is 7.21. The molecule has 8 heteroatoms. The van der Waals surface area contributed by atoms with Crippen molar-refractivity contribution in [3.05, 3.63) is 72.4 Å². The number of rotatable bonds is 8. The lowest BCUT2D eigenvalue weighted by Gasteiger charge is -2.15. The van der Waals surface area contributed by atoms with E-state index < -0.39 is 0 Å². The van der Waals surface area contributed by atoms with E-state index in [0.717, 1.165) is 44.8 Å². The summed E-state index contributed by atoms with van der Waals surface area (Å²) in [6.07, 6.45) is 0.606. The van der Waals surface area contributed by atoms with E-state index in [1.165, 1.54) is 0 Å². The summed E-state index contributed by atoms with van der Waals surface area (Å²) >= 11 is 0. The highest BCUT2D eigenvalue weighted by Crippen LogP contribution is 2.32. The van der Waals surface area contributed by atoms with Crippen molar-refractivity contribution in [1.82, 2.24) is 19.7 Å². The van der Waals surface area contributed by atoms with Gasteiger partial charge in [-0.3, -0.25) is 0 Å². The molecule has 190 valence electrons. The Hall–Kier alpha value is -4.17. The Morgan fingerprint density at radius 3 is 2.14 bits per heavy atom. The van der Waals surface area contributed by atoms with Crippen molar-refractivity contribution in [2.45, 2.75) is 32.6 Å². The fourth-order valence-electron chi connectivity index (χ4n) is 4.12. The van der Waals surface area contributed by atoms with E-state index in [0.29, 0.717) is 24.6 Å². The predicted molar refractivity (Wildman–Crippen MR) is 149 cm³/mol. The first-order valence-corrected chi connectivity index (χ1v) is 12.4. The first-order chi connectivity index (χ1) is 17.9. The van der Waals surface area contributed by atoms with E-state index in [4.69, 9.17) is 19.8 Å². The topological polar surface area (TPSA) is 97.1 Å². The van der Waals surface area contributed by atoms with Crippen LogP contribution in [0.25, 0.3) is 27.5 Å². The molecule has 0 radical (unpaired) electrons. The fraction of sp³-hybridized carbons (Fsp3) is 0.276. The number of aliphatic hydroxyl groups excluding tert-OH is 1. The van der Waals surface area contributed by atoms with Gasteiger partial charge in [0, 0.05) is 24.6 Å². The van der Waals surface area contributed by atoms with Crippen LogP contribution in [0.15, 0.2) is 66.7 Å². The smallest absolute Gasteiger partial charge is 0.175 e. The van der Waals surface area contributed by atoms with E-state index >= 15 is 0 Å². The quantitative estimate of drug-likeness (QED) is 0.184. The van der Waals surface area contributed by atoms with Crippen LogP contribution >= 0.6 is 0 Å². The summed E-state index contributed by atoms with van der Waals surface area (Å²) in [5.41, 5.74) is 3.29. The van der Waals surface area contributed by atoms with Gasteiger partial charge in [-0.15, -0.1) is 0 Å². The summed E-state index contributed by atoms with van der Waals surface area (Å²) in [7, 11) is 1.65. The minimum Gasteiger partial charge on any atom is -0.497 e. The molecular formula is C29H32N6O2. The first-order valence-electron chi connectivity index (χ1n) is 12.4. The lowest BCUT2D eigenvalue weighted by atomic mass is 9.92. The molecule has 0 aliphatic rings. The third-order valence-electron chi connectivity index (χ3n) is 6.20. The molecule has 8 nitrogen and oxygen atoms in total. The summed E-state index contributed by atoms with van der Waals surface area (Å²) in [5.74, 6) is 2.77. The molecule has 0 fully saturated rings. The molecule has 5 aromatic rings. The second kappa shape index (κ2) is 10.1. The number of fused-ring (bicyclic) bond motifs is 2. The van der Waals surface area contributed by atoms with Gasteiger partial charge < -0.3 is 20.5 Å². The number of methoxy groups -OCH3 is 1. The van der Waals surface area contributed by atoms with Crippen molar-refractivity contribution in [3.63, 3.8) is 0 Å². The number of hydrogen-bond donors (Lipinski definition) is 3. The minimum absolute atomic E-state index is 0.0978. The lowest BCUT2D eigenvalue weighted by molar-refractivity contribution is 0.292. The highest BCUT2D eigenvalue weighted by atomic mass is 16.5. The van der Waals surface area contributed by atoms with Gasteiger partial charge >= 0.3 is 0 Å². The monoisotopic (exact) mass is 496 g/mol. The Morgan fingerprint density at radius 1 is 0.892 bits per heavy atom. The van der Waals surface area contributed by atoms with Crippen molar-refractivity contribution in [2.24, 2.45) is 0 Å².